The average molecular weight is 345 g/mol. The number of fused-ring (bicyclic) bond motifs is 3. The summed E-state index contributed by atoms with van der Waals surface area (Å²) in [5.41, 5.74) is 7.85. The quantitative estimate of drug-likeness (QED) is 0.617. The van der Waals surface area contributed by atoms with Crippen LogP contribution in [0.1, 0.15) is 12.7 Å². The molecule has 132 valence electrons. The van der Waals surface area contributed by atoms with E-state index in [-0.39, 0.29) is 6.04 Å². The van der Waals surface area contributed by atoms with E-state index in [2.05, 4.69) is 11.2 Å². The second kappa shape index (κ2) is 7.63. The number of benzene rings is 1. The molecule has 0 saturated heterocycles. The zero-order chi connectivity index (χ0) is 18.6. The van der Waals surface area contributed by atoms with Crippen LogP contribution in [-0.4, -0.2) is 38.0 Å². The van der Waals surface area contributed by atoms with Crippen LogP contribution >= 0.6 is 0 Å². The Bertz CT molecular complexity index is 920. The number of carboxylic acid groups (broad SMARTS) is 2. The number of aliphatic carboxylic acids is 2. The molecule has 0 saturated carbocycles. The SMILES string of the molecule is Cc1cc2c(ccc3cnn(C[C@H](C)N)c32)o1.O=C(O)/C=C/C(=O)O. The molecule has 25 heavy (non-hydrogen) atoms. The monoisotopic (exact) mass is 345 g/mol. The Labute approximate surface area is 143 Å². The Kier molecular flexibility index (Phi) is 5.56. The first kappa shape index (κ1) is 18.2. The predicted molar refractivity (Wildman–Crippen MR) is 92.3 cm³/mol. The van der Waals surface area contributed by atoms with Crippen molar-refractivity contribution in [3.8, 4) is 0 Å². The van der Waals surface area contributed by atoms with E-state index in [0.29, 0.717) is 18.7 Å². The largest absolute Gasteiger partial charge is 0.478 e. The van der Waals surface area contributed by atoms with Crippen molar-refractivity contribution in [1.29, 1.82) is 0 Å². The lowest BCUT2D eigenvalue weighted by Gasteiger charge is -2.06. The van der Waals surface area contributed by atoms with Crippen LogP contribution in [0, 0.1) is 6.92 Å². The number of nitrogens with two attached hydrogens (primary N) is 1. The maximum atomic E-state index is 9.55. The number of furan rings is 1. The molecule has 2 aromatic heterocycles. The highest BCUT2D eigenvalue weighted by Crippen LogP contribution is 2.27. The van der Waals surface area contributed by atoms with Gasteiger partial charge in [0.05, 0.1) is 18.3 Å². The highest BCUT2D eigenvalue weighted by molar-refractivity contribution is 6.03. The third-order valence-electron chi connectivity index (χ3n) is 3.25. The fourth-order valence-electron chi connectivity index (χ4n) is 2.38. The summed E-state index contributed by atoms with van der Waals surface area (Å²) >= 11 is 0. The smallest absolute Gasteiger partial charge is 0.328 e. The molecule has 4 N–H and O–H groups in total. The van der Waals surface area contributed by atoms with Gasteiger partial charge in [0.15, 0.2) is 0 Å². The van der Waals surface area contributed by atoms with Gasteiger partial charge >= 0.3 is 11.9 Å². The standard InChI is InChI=1S/C13H15N3O.C4H4O4/c1-8(14)7-16-13-10(6-15-16)3-4-12-11(13)5-9(2)17-12;5-3(6)1-2-4(7)8/h3-6,8H,7,14H2,1-2H3;1-2H,(H,5,6)(H,7,8)/b;2-1+/t8-;/m0./s1. The van der Waals surface area contributed by atoms with Crippen molar-refractivity contribution in [2.24, 2.45) is 5.73 Å². The van der Waals surface area contributed by atoms with Gasteiger partial charge in [-0.2, -0.15) is 5.10 Å². The summed E-state index contributed by atoms with van der Waals surface area (Å²) in [4.78, 5) is 19.1. The van der Waals surface area contributed by atoms with Gasteiger partial charge in [-0.05, 0) is 32.0 Å². The van der Waals surface area contributed by atoms with Gasteiger partial charge < -0.3 is 20.4 Å². The lowest BCUT2D eigenvalue weighted by molar-refractivity contribution is -0.134. The van der Waals surface area contributed by atoms with Crippen LogP contribution in [0.25, 0.3) is 21.9 Å². The zero-order valence-corrected chi connectivity index (χ0v) is 13.8. The number of hydrogen-bond donors (Lipinski definition) is 3. The highest BCUT2D eigenvalue weighted by atomic mass is 16.4. The number of carbonyl (C=O) groups is 2. The Morgan fingerprint density at radius 3 is 2.52 bits per heavy atom. The lowest BCUT2D eigenvalue weighted by Crippen LogP contribution is -2.22. The van der Waals surface area contributed by atoms with E-state index in [0.717, 1.165) is 27.6 Å². The first-order valence-corrected chi connectivity index (χ1v) is 7.52. The van der Waals surface area contributed by atoms with Gasteiger partial charge in [0.1, 0.15) is 11.3 Å². The predicted octanol–water partition coefficient (Wildman–Crippen LogP) is 2.15. The van der Waals surface area contributed by atoms with E-state index in [9.17, 15) is 9.59 Å². The molecule has 0 radical (unpaired) electrons. The number of nitrogens with zero attached hydrogens (tertiary/aromatic N) is 2. The molecular weight excluding hydrogens is 326 g/mol. The van der Waals surface area contributed by atoms with Crippen LogP contribution < -0.4 is 5.73 Å². The summed E-state index contributed by atoms with van der Waals surface area (Å²) in [6.07, 6.45) is 2.99. The molecule has 3 aromatic rings. The van der Waals surface area contributed by atoms with Gasteiger partial charge in [-0.1, -0.05) is 0 Å². The van der Waals surface area contributed by atoms with Crippen molar-refractivity contribution < 1.29 is 24.2 Å². The van der Waals surface area contributed by atoms with Crippen molar-refractivity contribution >= 4 is 33.8 Å². The number of carboxylic acids is 2. The Balaban J connectivity index is 0.000000242. The summed E-state index contributed by atoms with van der Waals surface area (Å²) in [6.45, 7) is 4.65. The van der Waals surface area contributed by atoms with E-state index in [1.807, 2.05) is 36.9 Å². The molecular formula is C17H19N3O5. The number of aromatic nitrogens is 2. The second-order valence-corrected chi connectivity index (χ2v) is 5.59. The molecule has 0 spiro atoms. The van der Waals surface area contributed by atoms with Gasteiger partial charge in [0.25, 0.3) is 0 Å². The van der Waals surface area contributed by atoms with Crippen molar-refractivity contribution in [2.45, 2.75) is 26.4 Å². The first-order valence-electron chi connectivity index (χ1n) is 7.52. The van der Waals surface area contributed by atoms with Crippen molar-refractivity contribution in [3.63, 3.8) is 0 Å². The summed E-state index contributed by atoms with van der Waals surface area (Å²) in [5.74, 6) is -1.60. The maximum Gasteiger partial charge on any atom is 0.328 e. The normalized spacial score (nSPS) is 12.3. The highest BCUT2D eigenvalue weighted by Gasteiger charge is 2.11. The van der Waals surface area contributed by atoms with E-state index >= 15 is 0 Å². The van der Waals surface area contributed by atoms with Gasteiger partial charge in [-0.15, -0.1) is 0 Å². The Hall–Kier alpha value is -3.13. The zero-order valence-electron chi connectivity index (χ0n) is 13.8. The third-order valence-corrected chi connectivity index (χ3v) is 3.25. The Morgan fingerprint density at radius 1 is 1.32 bits per heavy atom. The Morgan fingerprint density at radius 2 is 1.96 bits per heavy atom. The molecule has 8 nitrogen and oxygen atoms in total. The molecule has 8 heteroatoms. The third kappa shape index (κ3) is 4.67. The van der Waals surface area contributed by atoms with E-state index in [1.54, 1.807) is 0 Å². The number of aryl methyl sites for hydroxylation is 1. The fourth-order valence-corrected chi connectivity index (χ4v) is 2.38. The van der Waals surface area contributed by atoms with Crippen LogP contribution in [0.15, 0.2) is 41.0 Å². The molecule has 3 rings (SSSR count). The molecule has 0 unspecified atom stereocenters. The minimum Gasteiger partial charge on any atom is -0.478 e. The van der Waals surface area contributed by atoms with Crippen molar-refractivity contribution in [3.05, 3.63) is 42.3 Å². The summed E-state index contributed by atoms with van der Waals surface area (Å²) < 4.78 is 7.59. The second-order valence-electron chi connectivity index (χ2n) is 5.59. The van der Waals surface area contributed by atoms with Crippen LogP contribution in [0.5, 0.6) is 0 Å². The van der Waals surface area contributed by atoms with Gasteiger partial charge in [0, 0.05) is 29.0 Å². The number of rotatable bonds is 4. The van der Waals surface area contributed by atoms with E-state index < -0.39 is 11.9 Å². The van der Waals surface area contributed by atoms with E-state index in [1.165, 1.54) is 0 Å². The molecule has 0 aliphatic rings. The van der Waals surface area contributed by atoms with Crippen molar-refractivity contribution in [2.75, 3.05) is 0 Å². The summed E-state index contributed by atoms with van der Waals surface area (Å²) in [6, 6.07) is 6.16. The van der Waals surface area contributed by atoms with Gasteiger partial charge in [0.2, 0.25) is 0 Å². The molecule has 0 amide bonds. The molecule has 2 heterocycles. The molecule has 0 bridgehead atoms. The van der Waals surface area contributed by atoms with E-state index in [4.69, 9.17) is 20.4 Å². The first-order chi connectivity index (χ1) is 11.8. The van der Waals surface area contributed by atoms with Crippen molar-refractivity contribution in [1.82, 2.24) is 9.78 Å². The van der Waals surface area contributed by atoms with Gasteiger partial charge in [-0.3, -0.25) is 4.68 Å². The fraction of sp³-hybridized carbons (Fsp3) is 0.235. The minimum atomic E-state index is -1.26. The lowest BCUT2D eigenvalue weighted by atomic mass is 10.2. The molecule has 0 aliphatic heterocycles. The average Bonchev–Trinajstić information content (AvgIpc) is 3.07. The van der Waals surface area contributed by atoms with Crippen LogP contribution in [0.4, 0.5) is 0 Å². The summed E-state index contributed by atoms with van der Waals surface area (Å²) in [5, 5.41) is 22.2. The molecule has 0 aliphatic carbocycles. The maximum absolute atomic E-state index is 9.55. The molecule has 0 fully saturated rings. The van der Waals surface area contributed by atoms with Crippen LogP contribution in [-0.2, 0) is 16.1 Å². The molecule has 1 atom stereocenters. The van der Waals surface area contributed by atoms with Crippen LogP contribution in [0.3, 0.4) is 0 Å². The summed E-state index contributed by atoms with van der Waals surface area (Å²) in [7, 11) is 0. The van der Waals surface area contributed by atoms with Crippen LogP contribution in [0.2, 0.25) is 0 Å². The minimum absolute atomic E-state index is 0.0846. The number of hydrogen-bond acceptors (Lipinski definition) is 5. The topological polar surface area (TPSA) is 132 Å². The van der Waals surface area contributed by atoms with Gasteiger partial charge in [-0.25, -0.2) is 9.59 Å². The molecule has 1 aromatic carbocycles.